The Morgan fingerprint density at radius 3 is 1.54 bits per heavy atom. The number of rotatable bonds is 8. The van der Waals surface area contributed by atoms with Crippen LogP contribution < -0.4 is 11.5 Å². The van der Waals surface area contributed by atoms with E-state index in [1.54, 1.807) is 29.8 Å². The number of hydrogen-bond acceptors (Lipinski definition) is 11. The maximum absolute atomic E-state index is 6.03. The van der Waals surface area contributed by atoms with Crippen LogP contribution in [0.5, 0.6) is 0 Å². The van der Waals surface area contributed by atoms with Crippen LogP contribution in [0.3, 0.4) is 0 Å². The van der Waals surface area contributed by atoms with Gasteiger partial charge in [0.2, 0.25) is 0 Å². The zero-order valence-corrected chi connectivity index (χ0v) is 29.7. The highest BCUT2D eigenvalue weighted by Gasteiger charge is 2.22. The fraction of sp³-hybridized carbons (Fsp3) is 0.189. The largest absolute Gasteiger partial charge is 0.383 e. The van der Waals surface area contributed by atoms with E-state index in [4.69, 9.17) is 21.2 Å². The van der Waals surface area contributed by atoms with Gasteiger partial charge in [-0.1, -0.05) is 60.7 Å². The molecule has 0 saturated carbocycles. The second kappa shape index (κ2) is 14.2. The predicted octanol–water partition coefficient (Wildman–Crippen LogP) is 8.40. The lowest BCUT2D eigenvalue weighted by molar-refractivity contribution is 0.163. The van der Waals surface area contributed by atoms with Gasteiger partial charge in [-0.15, -0.1) is 22.7 Å². The highest BCUT2D eigenvalue weighted by Crippen LogP contribution is 2.41. The molecule has 2 aromatic carbocycles. The van der Waals surface area contributed by atoms with Crippen molar-refractivity contribution in [2.24, 2.45) is 0 Å². The van der Waals surface area contributed by atoms with E-state index in [0.29, 0.717) is 24.3 Å². The van der Waals surface area contributed by atoms with Crippen molar-refractivity contribution in [3.63, 3.8) is 0 Å². The van der Waals surface area contributed by atoms with E-state index >= 15 is 0 Å². The number of nitrogen functional groups attached to an aromatic ring is 2. The number of imidazole rings is 2. The van der Waals surface area contributed by atoms with Crippen molar-refractivity contribution in [2.75, 3.05) is 25.2 Å². The summed E-state index contributed by atoms with van der Waals surface area (Å²) in [5.41, 5.74) is 18.3. The molecule has 50 heavy (non-hydrogen) atoms. The molecule has 0 amide bonds. The molecular formula is C37H36N10OS2. The molecule has 8 rings (SSSR count). The minimum atomic E-state index is 0.147. The number of hydrogen-bond donors (Lipinski definition) is 2. The third-order valence-electron chi connectivity index (χ3n) is 8.31. The standard InChI is InChI=1S/C19H19N5OS.C18H17N5S/c1-12(9-25-2)24-11-23-16(13-6-4-3-5-7-13)17(24)15-8-14-18(20)21-10-22-19(14)26-15;1-11(2)23-10-22-15(12-6-4-3-5-7-12)16(23)14-8-13-17(19)20-9-21-18(13)24-14/h3-8,10-12H,9H2,1-2H3,(H2,20,21,22);3-11H,1-2H3,(H2,19,20,21). The molecule has 1 atom stereocenters. The second-order valence-corrected chi connectivity index (χ2v) is 14.1. The zero-order valence-electron chi connectivity index (χ0n) is 28.1. The number of ether oxygens (including phenoxy) is 1. The first-order valence-electron chi connectivity index (χ1n) is 16.1. The molecule has 0 spiro atoms. The van der Waals surface area contributed by atoms with Crippen LogP contribution in [0.15, 0.2) is 98.1 Å². The summed E-state index contributed by atoms with van der Waals surface area (Å²) in [5.74, 6) is 1.01. The molecule has 0 saturated heterocycles. The van der Waals surface area contributed by atoms with E-state index in [9.17, 15) is 0 Å². The molecule has 6 aromatic heterocycles. The first-order chi connectivity index (χ1) is 24.3. The summed E-state index contributed by atoms with van der Waals surface area (Å²) in [6.45, 7) is 7.03. The average molecular weight is 701 g/mol. The van der Waals surface area contributed by atoms with Gasteiger partial charge in [-0.25, -0.2) is 29.9 Å². The first-order valence-corrected chi connectivity index (χ1v) is 17.7. The fourth-order valence-corrected chi connectivity index (χ4v) is 7.97. The SMILES string of the molecule is CC(C)n1cnc(-c2ccccc2)c1-c1cc2c(N)ncnc2s1.COCC(C)n1cnc(-c2ccccc2)c1-c1cc2c(N)ncnc2s1. The molecule has 0 aliphatic rings. The number of benzene rings is 2. The maximum Gasteiger partial charge on any atom is 0.135 e. The van der Waals surface area contributed by atoms with Crippen molar-refractivity contribution in [3.05, 3.63) is 98.1 Å². The van der Waals surface area contributed by atoms with Gasteiger partial charge in [-0.2, -0.15) is 0 Å². The number of nitrogens with zero attached hydrogens (tertiary/aromatic N) is 8. The number of nitrogens with two attached hydrogens (primary N) is 2. The molecule has 6 heterocycles. The molecule has 252 valence electrons. The third-order valence-corrected chi connectivity index (χ3v) is 10.4. The minimum Gasteiger partial charge on any atom is -0.383 e. The molecule has 0 bridgehead atoms. The summed E-state index contributed by atoms with van der Waals surface area (Å²) in [4.78, 5) is 30.2. The highest BCUT2D eigenvalue weighted by molar-refractivity contribution is 7.22. The average Bonchev–Trinajstić information content (AvgIpc) is 3.94. The number of methoxy groups -OCH3 is 1. The summed E-state index contributed by atoms with van der Waals surface area (Å²) in [5, 5.41) is 1.77. The van der Waals surface area contributed by atoms with Gasteiger partial charge in [0.1, 0.15) is 34.0 Å². The minimum absolute atomic E-state index is 0.147. The monoisotopic (exact) mass is 700 g/mol. The van der Waals surface area contributed by atoms with Crippen LogP contribution in [0.25, 0.3) is 64.1 Å². The van der Waals surface area contributed by atoms with E-state index in [1.165, 1.54) is 12.7 Å². The lowest BCUT2D eigenvalue weighted by Gasteiger charge is -2.16. The smallest absolute Gasteiger partial charge is 0.135 e. The predicted molar refractivity (Wildman–Crippen MR) is 204 cm³/mol. The molecule has 1 unspecified atom stereocenters. The van der Waals surface area contributed by atoms with E-state index < -0.39 is 0 Å². The molecule has 11 nitrogen and oxygen atoms in total. The summed E-state index contributed by atoms with van der Waals surface area (Å²) in [6.07, 6.45) is 6.79. The van der Waals surface area contributed by atoms with Gasteiger partial charge in [0.15, 0.2) is 0 Å². The van der Waals surface area contributed by atoms with Crippen LogP contribution >= 0.6 is 22.7 Å². The number of thiophene rings is 2. The summed E-state index contributed by atoms with van der Waals surface area (Å²) >= 11 is 3.21. The second-order valence-electron chi connectivity index (χ2n) is 12.0. The van der Waals surface area contributed by atoms with Crippen LogP contribution in [0.1, 0.15) is 32.9 Å². The zero-order chi connectivity index (χ0) is 34.8. The maximum atomic E-state index is 6.03. The summed E-state index contributed by atoms with van der Waals surface area (Å²) < 4.78 is 9.70. The Bertz CT molecular complexity index is 2380. The van der Waals surface area contributed by atoms with Gasteiger partial charge in [0.05, 0.1) is 68.6 Å². The summed E-state index contributed by atoms with van der Waals surface area (Å²) in [7, 11) is 1.71. The van der Waals surface area contributed by atoms with Gasteiger partial charge in [0.25, 0.3) is 0 Å². The van der Waals surface area contributed by atoms with Crippen LogP contribution in [-0.4, -0.2) is 52.8 Å². The van der Waals surface area contributed by atoms with Crippen LogP contribution in [0, 0.1) is 0 Å². The molecule has 0 radical (unpaired) electrons. The van der Waals surface area contributed by atoms with Crippen molar-refractivity contribution < 1.29 is 4.74 Å². The van der Waals surface area contributed by atoms with Gasteiger partial charge in [0, 0.05) is 24.3 Å². The Kier molecular flexibility index (Phi) is 9.35. The number of aromatic nitrogens is 8. The number of fused-ring (bicyclic) bond motifs is 2. The van der Waals surface area contributed by atoms with E-state index in [2.05, 4.69) is 91.2 Å². The van der Waals surface area contributed by atoms with Crippen molar-refractivity contribution in [1.29, 1.82) is 0 Å². The molecule has 0 aliphatic heterocycles. The van der Waals surface area contributed by atoms with E-state index in [1.807, 2.05) is 49.1 Å². The summed E-state index contributed by atoms with van der Waals surface area (Å²) in [6, 6.07) is 25.0. The molecule has 0 aliphatic carbocycles. The Balaban J connectivity index is 0.000000157. The van der Waals surface area contributed by atoms with E-state index in [0.717, 1.165) is 64.1 Å². The van der Waals surface area contributed by atoms with Crippen LogP contribution in [0.4, 0.5) is 11.6 Å². The van der Waals surface area contributed by atoms with Gasteiger partial charge in [-0.05, 0) is 32.9 Å². The fourth-order valence-electron chi connectivity index (χ4n) is 5.85. The molecule has 0 fully saturated rings. The topological polar surface area (TPSA) is 148 Å². The van der Waals surface area contributed by atoms with Gasteiger partial charge < -0.3 is 25.3 Å². The molecular weight excluding hydrogens is 665 g/mol. The Morgan fingerprint density at radius 2 is 1.10 bits per heavy atom. The number of anilines is 2. The van der Waals surface area contributed by atoms with Gasteiger partial charge >= 0.3 is 0 Å². The lowest BCUT2D eigenvalue weighted by Crippen LogP contribution is -2.11. The quantitative estimate of drug-likeness (QED) is 0.159. The van der Waals surface area contributed by atoms with Crippen molar-refractivity contribution in [1.82, 2.24) is 39.0 Å². The Labute approximate surface area is 297 Å². The van der Waals surface area contributed by atoms with Crippen molar-refractivity contribution in [2.45, 2.75) is 32.9 Å². The van der Waals surface area contributed by atoms with Crippen molar-refractivity contribution in [3.8, 4) is 43.7 Å². The lowest BCUT2D eigenvalue weighted by atomic mass is 10.1. The van der Waals surface area contributed by atoms with Crippen LogP contribution in [-0.2, 0) is 4.74 Å². The van der Waals surface area contributed by atoms with Crippen LogP contribution in [0.2, 0.25) is 0 Å². The molecule has 8 aromatic rings. The normalized spacial score (nSPS) is 12.0. The first kappa shape index (κ1) is 33.0. The highest BCUT2D eigenvalue weighted by atomic mass is 32.1. The molecule has 4 N–H and O–H groups in total. The Morgan fingerprint density at radius 1 is 0.640 bits per heavy atom. The molecule has 13 heteroatoms. The van der Waals surface area contributed by atoms with Crippen molar-refractivity contribution >= 4 is 54.7 Å². The van der Waals surface area contributed by atoms with E-state index in [-0.39, 0.29) is 6.04 Å². The Hall–Kier alpha value is -5.50. The third kappa shape index (κ3) is 6.33. The van der Waals surface area contributed by atoms with Gasteiger partial charge in [-0.3, -0.25) is 0 Å².